The van der Waals surface area contributed by atoms with Gasteiger partial charge in [0, 0.05) is 26.9 Å². The van der Waals surface area contributed by atoms with E-state index in [-0.39, 0.29) is 11.9 Å². The lowest BCUT2D eigenvalue weighted by molar-refractivity contribution is 0.564. The van der Waals surface area contributed by atoms with Gasteiger partial charge in [0.25, 0.3) is 0 Å². The number of nitrogens with zero attached hydrogens (tertiary/aromatic N) is 2. The van der Waals surface area contributed by atoms with Crippen molar-refractivity contribution < 1.29 is 4.39 Å². The van der Waals surface area contributed by atoms with Crippen LogP contribution in [0.25, 0.3) is 0 Å². The molecule has 0 spiro atoms. The molecule has 6 heteroatoms. The summed E-state index contributed by atoms with van der Waals surface area (Å²) in [6.07, 6.45) is 4.45. The second kappa shape index (κ2) is 5.86. The Balaban J connectivity index is 2.49. The van der Waals surface area contributed by atoms with Crippen LogP contribution in [0.3, 0.4) is 0 Å². The minimum absolute atomic E-state index is 0.324. The molecule has 0 aliphatic rings. The van der Waals surface area contributed by atoms with Crippen molar-refractivity contribution in [1.82, 2.24) is 15.3 Å². The minimum atomic E-state index is -0.353. The summed E-state index contributed by atoms with van der Waals surface area (Å²) < 4.78 is 15.4. The maximum Gasteiger partial charge on any atom is 0.146 e. The first kappa shape index (κ1) is 13.6. The fourth-order valence-electron chi connectivity index (χ4n) is 1.70. The van der Waals surface area contributed by atoms with E-state index in [0.29, 0.717) is 5.56 Å². The lowest BCUT2D eigenvalue weighted by atomic mass is 10.0. The van der Waals surface area contributed by atoms with Gasteiger partial charge in [-0.2, -0.15) is 0 Å². The largest absolute Gasteiger partial charge is 0.308 e. The number of hydrogen-bond donors (Lipinski definition) is 1. The van der Waals surface area contributed by atoms with Crippen LogP contribution in [0, 0.1) is 5.82 Å². The highest BCUT2D eigenvalue weighted by Crippen LogP contribution is 2.29. The highest BCUT2D eigenvalue weighted by atomic mass is 79.9. The summed E-state index contributed by atoms with van der Waals surface area (Å²) in [7, 11) is 1.76. The SMILES string of the molecule is CNC(c1ccncc1F)c1ncc(Br)cc1Br. The zero-order chi connectivity index (χ0) is 13.1. The number of pyridine rings is 2. The van der Waals surface area contributed by atoms with E-state index < -0.39 is 0 Å². The smallest absolute Gasteiger partial charge is 0.146 e. The first-order valence-electron chi connectivity index (χ1n) is 5.21. The number of nitrogens with one attached hydrogen (secondary N) is 1. The van der Waals surface area contributed by atoms with Crippen LogP contribution in [0.2, 0.25) is 0 Å². The van der Waals surface area contributed by atoms with Crippen LogP contribution in [-0.2, 0) is 0 Å². The zero-order valence-electron chi connectivity index (χ0n) is 9.49. The maximum absolute atomic E-state index is 13.8. The van der Waals surface area contributed by atoms with Crippen molar-refractivity contribution in [3.8, 4) is 0 Å². The fraction of sp³-hybridized carbons (Fsp3) is 0.167. The first-order valence-corrected chi connectivity index (χ1v) is 6.79. The Kier molecular flexibility index (Phi) is 4.42. The molecular formula is C12H10Br2FN3. The summed E-state index contributed by atoms with van der Waals surface area (Å²) in [5, 5.41) is 3.06. The lowest BCUT2D eigenvalue weighted by Gasteiger charge is -2.18. The van der Waals surface area contributed by atoms with E-state index in [2.05, 4.69) is 47.1 Å². The molecule has 0 saturated carbocycles. The van der Waals surface area contributed by atoms with Gasteiger partial charge in [0.05, 0.1) is 17.9 Å². The summed E-state index contributed by atoms with van der Waals surface area (Å²) in [5.41, 5.74) is 1.24. The van der Waals surface area contributed by atoms with E-state index in [1.54, 1.807) is 25.5 Å². The predicted octanol–water partition coefficient (Wildman–Crippen LogP) is 3.45. The molecule has 1 N–H and O–H groups in total. The Labute approximate surface area is 121 Å². The summed E-state index contributed by atoms with van der Waals surface area (Å²) in [4.78, 5) is 8.07. The van der Waals surface area contributed by atoms with E-state index in [0.717, 1.165) is 14.6 Å². The second-order valence-electron chi connectivity index (χ2n) is 3.64. The Morgan fingerprint density at radius 2 is 2.11 bits per heavy atom. The van der Waals surface area contributed by atoms with Crippen molar-refractivity contribution in [2.75, 3.05) is 7.05 Å². The van der Waals surface area contributed by atoms with Crippen LogP contribution in [0.1, 0.15) is 17.3 Å². The van der Waals surface area contributed by atoms with Crippen LogP contribution in [0.4, 0.5) is 4.39 Å². The molecule has 0 fully saturated rings. The average molecular weight is 375 g/mol. The minimum Gasteiger partial charge on any atom is -0.308 e. The van der Waals surface area contributed by atoms with Gasteiger partial charge >= 0.3 is 0 Å². The fourth-order valence-corrected chi connectivity index (χ4v) is 2.91. The molecule has 18 heavy (non-hydrogen) atoms. The van der Waals surface area contributed by atoms with Gasteiger partial charge in [0.15, 0.2) is 0 Å². The van der Waals surface area contributed by atoms with E-state index >= 15 is 0 Å². The van der Waals surface area contributed by atoms with Gasteiger partial charge in [-0.15, -0.1) is 0 Å². The van der Waals surface area contributed by atoms with Crippen LogP contribution >= 0.6 is 31.9 Å². The van der Waals surface area contributed by atoms with Crippen molar-refractivity contribution in [1.29, 1.82) is 0 Å². The van der Waals surface area contributed by atoms with Crippen LogP contribution in [0.15, 0.2) is 39.7 Å². The molecule has 0 bridgehead atoms. The molecule has 0 aliphatic heterocycles. The third kappa shape index (κ3) is 2.76. The summed E-state index contributed by atoms with van der Waals surface area (Å²) in [5.74, 6) is -0.353. The molecule has 0 saturated heterocycles. The normalized spacial score (nSPS) is 12.4. The molecule has 0 radical (unpaired) electrons. The highest BCUT2D eigenvalue weighted by Gasteiger charge is 2.19. The van der Waals surface area contributed by atoms with Gasteiger partial charge in [0.1, 0.15) is 5.82 Å². The number of halogens is 3. The van der Waals surface area contributed by atoms with Crippen molar-refractivity contribution in [3.63, 3.8) is 0 Å². The third-order valence-corrected chi connectivity index (χ3v) is 3.58. The van der Waals surface area contributed by atoms with Crippen LogP contribution in [0.5, 0.6) is 0 Å². The molecule has 1 unspecified atom stereocenters. The number of hydrogen-bond acceptors (Lipinski definition) is 3. The maximum atomic E-state index is 13.8. The topological polar surface area (TPSA) is 37.8 Å². The van der Waals surface area contributed by atoms with Gasteiger partial charge in [0.2, 0.25) is 0 Å². The molecule has 2 heterocycles. The number of rotatable bonds is 3. The first-order chi connectivity index (χ1) is 8.63. The summed E-state index contributed by atoms with van der Waals surface area (Å²) in [6.45, 7) is 0. The summed E-state index contributed by atoms with van der Waals surface area (Å²) in [6, 6.07) is 3.20. The van der Waals surface area contributed by atoms with E-state index in [9.17, 15) is 4.39 Å². The highest BCUT2D eigenvalue weighted by molar-refractivity contribution is 9.11. The molecule has 0 aromatic carbocycles. The lowest BCUT2D eigenvalue weighted by Crippen LogP contribution is -2.20. The number of aromatic nitrogens is 2. The Bertz CT molecular complexity index is 563. The Morgan fingerprint density at radius 3 is 2.72 bits per heavy atom. The third-order valence-electron chi connectivity index (χ3n) is 2.51. The van der Waals surface area contributed by atoms with Crippen molar-refractivity contribution in [2.45, 2.75) is 6.04 Å². The van der Waals surface area contributed by atoms with Gasteiger partial charge in [-0.05, 0) is 51.0 Å². The van der Waals surface area contributed by atoms with Crippen molar-refractivity contribution in [3.05, 3.63) is 56.7 Å². The second-order valence-corrected chi connectivity index (χ2v) is 5.41. The monoisotopic (exact) mass is 373 g/mol. The molecule has 94 valence electrons. The average Bonchev–Trinajstić information content (AvgIpc) is 2.34. The Morgan fingerprint density at radius 1 is 1.33 bits per heavy atom. The van der Waals surface area contributed by atoms with Crippen LogP contribution in [-0.4, -0.2) is 17.0 Å². The molecule has 3 nitrogen and oxygen atoms in total. The molecular weight excluding hydrogens is 365 g/mol. The Hall–Kier alpha value is -0.850. The summed E-state index contributed by atoms with van der Waals surface area (Å²) >= 11 is 6.78. The van der Waals surface area contributed by atoms with Gasteiger partial charge in [-0.3, -0.25) is 9.97 Å². The predicted molar refractivity (Wildman–Crippen MR) is 74.7 cm³/mol. The van der Waals surface area contributed by atoms with E-state index in [1.165, 1.54) is 6.20 Å². The van der Waals surface area contributed by atoms with Crippen molar-refractivity contribution >= 4 is 31.9 Å². The van der Waals surface area contributed by atoms with E-state index in [1.807, 2.05) is 6.07 Å². The standard InChI is InChI=1S/C12H10Br2FN3/c1-16-11(8-2-3-17-6-10(8)15)12-9(14)4-7(13)5-18-12/h2-6,11,16H,1H3. The molecule has 0 amide bonds. The molecule has 2 aromatic heterocycles. The molecule has 0 aliphatic carbocycles. The molecule has 2 aromatic rings. The van der Waals surface area contributed by atoms with Crippen LogP contribution < -0.4 is 5.32 Å². The van der Waals surface area contributed by atoms with Gasteiger partial charge in [-0.1, -0.05) is 0 Å². The van der Waals surface area contributed by atoms with Gasteiger partial charge in [-0.25, -0.2) is 4.39 Å². The molecule has 1 atom stereocenters. The van der Waals surface area contributed by atoms with Crippen molar-refractivity contribution in [2.24, 2.45) is 0 Å². The quantitative estimate of drug-likeness (QED) is 0.894. The van der Waals surface area contributed by atoms with E-state index in [4.69, 9.17) is 0 Å². The zero-order valence-corrected chi connectivity index (χ0v) is 12.7. The molecule has 2 rings (SSSR count). The van der Waals surface area contributed by atoms with Gasteiger partial charge < -0.3 is 5.32 Å².